The number of rotatable bonds is 2. The van der Waals surface area contributed by atoms with E-state index in [1.165, 1.54) is 12.8 Å². The van der Waals surface area contributed by atoms with Gasteiger partial charge >= 0.3 is 0 Å². The Bertz CT molecular complexity index is 367. The largest absolute Gasteiger partial charge is 0.365 e. The number of anilines is 1. The summed E-state index contributed by atoms with van der Waals surface area (Å²) in [4.78, 5) is 4.39. The molecule has 1 saturated carbocycles. The summed E-state index contributed by atoms with van der Waals surface area (Å²) in [5.74, 6) is 0.910. The molecule has 2 atom stereocenters. The zero-order valence-electron chi connectivity index (χ0n) is 9.54. The number of halogens is 1. The summed E-state index contributed by atoms with van der Waals surface area (Å²) in [6.45, 7) is 2.04. The predicted octanol–water partition coefficient (Wildman–Crippen LogP) is 2.83. The monoisotopic (exact) mass is 283 g/mol. The van der Waals surface area contributed by atoms with Crippen LogP contribution in [0.4, 0.5) is 5.82 Å². The number of nitrogens with one attached hydrogen (secondary N) is 1. The first-order valence-corrected chi connectivity index (χ1v) is 6.60. The zero-order valence-corrected chi connectivity index (χ0v) is 11.1. The second-order valence-electron chi connectivity index (χ2n) is 4.54. The lowest BCUT2D eigenvalue weighted by atomic mass is 9.91. The van der Waals surface area contributed by atoms with Crippen LogP contribution in [0.1, 0.15) is 31.2 Å². The molecule has 88 valence electrons. The first-order chi connectivity index (χ1) is 7.66. The first kappa shape index (κ1) is 11.9. The average molecular weight is 284 g/mol. The number of hydrogen-bond donors (Lipinski definition) is 2. The van der Waals surface area contributed by atoms with E-state index in [9.17, 15) is 0 Å². The fourth-order valence-electron chi connectivity index (χ4n) is 2.15. The SMILES string of the molecule is Cc1cnc(NC2CCCCC2N)c(Br)c1. The van der Waals surface area contributed by atoms with Gasteiger partial charge in [-0.25, -0.2) is 4.98 Å². The van der Waals surface area contributed by atoms with Crippen molar-refractivity contribution >= 4 is 21.7 Å². The fourth-order valence-corrected chi connectivity index (χ4v) is 2.73. The second-order valence-corrected chi connectivity index (χ2v) is 5.40. The quantitative estimate of drug-likeness (QED) is 0.878. The van der Waals surface area contributed by atoms with Crippen LogP contribution in [0.5, 0.6) is 0 Å². The number of pyridine rings is 1. The number of nitrogens with two attached hydrogens (primary N) is 1. The van der Waals surface area contributed by atoms with Crippen LogP contribution in [-0.4, -0.2) is 17.1 Å². The number of aromatic nitrogens is 1. The lowest BCUT2D eigenvalue weighted by Crippen LogP contribution is -2.42. The van der Waals surface area contributed by atoms with Gasteiger partial charge in [-0.1, -0.05) is 12.8 Å². The van der Waals surface area contributed by atoms with Gasteiger partial charge in [-0.05, 0) is 47.3 Å². The van der Waals surface area contributed by atoms with Crippen LogP contribution in [-0.2, 0) is 0 Å². The van der Waals surface area contributed by atoms with Crippen LogP contribution in [0, 0.1) is 6.92 Å². The summed E-state index contributed by atoms with van der Waals surface area (Å²) in [6.07, 6.45) is 6.64. The van der Waals surface area contributed by atoms with Crippen molar-refractivity contribution in [2.45, 2.75) is 44.7 Å². The molecular weight excluding hydrogens is 266 g/mol. The van der Waals surface area contributed by atoms with Gasteiger partial charge in [0.15, 0.2) is 0 Å². The lowest BCUT2D eigenvalue weighted by molar-refractivity contribution is 0.403. The van der Waals surface area contributed by atoms with E-state index in [2.05, 4.69) is 32.3 Å². The molecule has 0 aliphatic heterocycles. The van der Waals surface area contributed by atoms with E-state index in [4.69, 9.17) is 5.73 Å². The zero-order chi connectivity index (χ0) is 11.5. The van der Waals surface area contributed by atoms with Crippen LogP contribution >= 0.6 is 15.9 Å². The molecule has 2 rings (SSSR count). The van der Waals surface area contributed by atoms with Crippen molar-refractivity contribution in [1.29, 1.82) is 0 Å². The van der Waals surface area contributed by atoms with Crippen molar-refractivity contribution in [3.8, 4) is 0 Å². The van der Waals surface area contributed by atoms with Crippen LogP contribution in [0.25, 0.3) is 0 Å². The Morgan fingerprint density at radius 1 is 1.44 bits per heavy atom. The summed E-state index contributed by atoms with van der Waals surface area (Å²) in [5, 5.41) is 3.44. The Morgan fingerprint density at radius 2 is 2.19 bits per heavy atom. The van der Waals surface area contributed by atoms with Crippen LogP contribution in [0.2, 0.25) is 0 Å². The summed E-state index contributed by atoms with van der Waals surface area (Å²) >= 11 is 3.53. The minimum Gasteiger partial charge on any atom is -0.365 e. The molecule has 0 bridgehead atoms. The highest BCUT2D eigenvalue weighted by Crippen LogP contribution is 2.25. The van der Waals surface area contributed by atoms with Gasteiger partial charge in [-0.3, -0.25) is 0 Å². The summed E-state index contributed by atoms with van der Waals surface area (Å²) < 4.78 is 1.02. The number of nitrogens with zero attached hydrogens (tertiary/aromatic N) is 1. The minimum absolute atomic E-state index is 0.253. The molecule has 1 fully saturated rings. The van der Waals surface area contributed by atoms with Gasteiger partial charge in [0.2, 0.25) is 0 Å². The smallest absolute Gasteiger partial charge is 0.140 e. The van der Waals surface area contributed by atoms with Gasteiger partial charge in [0.1, 0.15) is 5.82 Å². The van der Waals surface area contributed by atoms with Gasteiger partial charge in [0.25, 0.3) is 0 Å². The highest BCUT2D eigenvalue weighted by Gasteiger charge is 2.22. The van der Waals surface area contributed by atoms with E-state index in [0.29, 0.717) is 6.04 Å². The van der Waals surface area contributed by atoms with Crippen molar-refractivity contribution in [3.63, 3.8) is 0 Å². The molecule has 2 unspecified atom stereocenters. The molecule has 1 aromatic rings. The van der Waals surface area contributed by atoms with Gasteiger partial charge < -0.3 is 11.1 Å². The second kappa shape index (κ2) is 5.15. The average Bonchev–Trinajstić information content (AvgIpc) is 2.25. The predicted molar refractivity (Wildman–Crippen MR) is 70.5 cm³/mol. The standard InChI is InChI=1S/C12H18BrN3/c1-8-6-9(13)12(15-7-8)16-11-5-3-2-4-10(11)14/h6-7,10-11H,2-5,14H2,1H3,(H,15,16). The molecule has 1 aliphatic carbocycles. The Morgan fingerprint density at radius 3 is 2.88 bits per heavy atom. The van der Waals surface area contributed by atoms with E-state index in [1.807, 2.05) is 13.1 Å². The van der Waals surface area contributed by atoms with Crippen molar-refractivity contribution < 1.29 is 0 Å². The topological polar surface area (TPSA) is 50.9 Å². The summed E-state index contributed by atoms with van der Waals surface area (Å²) in [6, 6.07) is 2.69. The molecule has 0 spiro atoms. The summed E-state index contributed by atoms with van der Waals surface area (Å²) in [7, 11) is 0. The maximum atomic E-state index is 6.10. The van der Waals surface area contributed by atoms with Crippen LogP contribution in [0.3, 0.4) is 0 Å². The van der Waals surface area contributed by atoms with Crippen molar-refractivity contribution in [3.05, 3.63) is 22.3 Å². The fraction of sp³-hybridized carbons (Fsp3) is 0.583. The molecule has 0 aromatic carbocycles. The Labute approximate surface area is 105 Å². The minimum atomic E-state index is 0.253. The highest BCUT2D eigenvalue weighted by molar-refractivity contribution is 9.10. The molecule has 1 aromatic heterocycles. The van der Waals surface area contributed by atoms with Gasteiger partial charge in [-0.15, -0.1) is 0 Å². The van der Waals surface area contributed by atoms with Crippen LogP contribution in [0.15, 0.2) is 16.7 Å². The van der Waals surface area contributed by atoms with Crippen molar-refractivity contribution in [2.75, 3.05) is 5.32 Å². The van der Waals surface area contributed by atoms with Gasteiger partial charge in [0, 0.05) is 18.3 Å². The molecule has 4 heteroatoms. The molecule has 3 N–H and O–H groups in total. The molecule has 1 aliphatic rings. The van der Waals surface area contributed by atoms with Gasteiger partial charge in [0.05, 0.1) is 4.47 Å². The van der Waals surface area contributed by atoms with E-state index < -0.39 is 0 Å². The highest BCUT2D eigenvalue weighted by atomic mass is 79.9. The number of aryl methyl sites for hydroxylation is 1. The molecular formula is C12H18BrN3. The molecule has 16 heavy (non-hydrogen) atoms. The molecule has 3 nitrogen and oxygen atoms in total. The van der Waals surface area contributed by atoms with E-state index >= 15 is 0 Å². The third-order valence-corrected chi connectivity index (χ3v) is 3.72. The first-order valence-electron chi connectivity index (χ1n) is 5.81. The molecule has 0 saturated heterocycles. The maximum absolute atomic E-state index is 6.10. The Hall–Kier alpha value is -0.610. The number of hydrogen-bond acceptors (Lipinski definition) is 3. The van der Waals surface area contributed by atoms with E-state index in [-0.39, 0.29) is 6.04 Å². The third kappa shape index (κ3) is 2.74. The Kier molecular flexibility index (Phi) is 3.82. The third-order valence-electron chi connectivity index (χ3n) is 3.12. The molecule has 0 amide bonds. The Balaban J connectivity index is 2.07. The van der Waals surface area contributed by atoms with Gasteiger partial charge in [-0.2, -0.15) is 0 Å². The van der Waals surface area contributed by atoms with E-state index in [1.54, 1.807) is 0 Å². The van der Waals surface area contributed by atoms with Crippen molar-refractivity contribution in [1.82, 2.24) is 4.98 Å². The van der Waals surface area contributed by atoms with Crippen molar-refractivity contribution in [2.24, 2.45) is 5.73 Å². The molecule has 0 radical (unpaired) electrons. The normalized spacial score (nSPS) is 25.4. The van der Waals surface area contributed by atoms with Crippen LogP contribution < -0.4 is 11.1 Å². The summed E-state index contributed by atoms with van der Waals surface area (Å²) in [5.41, 5.74) is 7.26. The maximum Gasteiger partial charge on any atom is 0.140 e. The van der Waals surface area contributed by atoms with E-state index in [0.717, 1.165) is 28.7 Å². The lowest BCUT2D eigenvalue weighted by Gasteiger charge is -2.30. The molecule has 1 heterocycles.